The van der Waals surface area contributed by atoms with Crippen LogP contribution in [0.25, 0.3) is 22.2 Å². The highest BCUT2D eigenvalue weighted by Crippen LogP contribution is 2.53. The predicted molar refractivity (Wildman–Crippen MR) is 164 cm³/mol. The number of halogens is 2. The highest BCUT2D eigenvalue weighted by atomic mass is 79.9. The third-order valence-corrected chi connectivity index (χ3v) is 9.40. The number of ether oxygens (including phenoxy) is 1. The van der Waals surface area contributed by atoms with Gasteiger partial charge in [-0.15, -0.1) is 0 Å². The number of pyridine rings is 1. The standard InChI is InChI=1S/C33H22Br2N2O5/c34-21-7-3-18(4-8-21)28(38)16-42-33(41)25-15-27(36-26-12-9-22(35)14-24(25)26)17-5-10-23(11-6-17)37-31(39)29-19-1-2-20(13-19)30(29)32(37)40/h1-12,14-15,19-20,29-30H,13,16H2. The van der Waals surface area contributed by atoms with Gasteiger partial charge in [-0.3, -0.25) is 19.3 Å². The van der Waals surface area contributed by atoms with Crippen molar-refractivity contribution in [2.45, 2.75) is 6.42 Å². The van der Waals surface area contributed by atoms with Crippen molar-refractivity contribution in [3.05, 3.63) is 105 Å². The SMILES string of the molecule is O=C(COC(=O)c1cc(-c2ccc(N3C(=O)C4C5C=CC(C5)C4C3=O)cc2)nc2ccc(Br)cc12)c1ccc(Br)cc1. The fraction of sp³-hybridized carbons (Fsp3) is 0.182. The number of carbonyl (C=O) groups excluding carboxylic acids is 4. The molecule has 9 heteroatoms. The molecule has 0 N–H and O–H groups in total. The average molecular weight is 686 g/mol. The number of ketones is 1. The lowest BCUT2D eigenvalue weighted by atomic mass is 9.85. The van der Waals surface area contributed by atoms with E-state index in [4.69, 9.17) is 9.72 Å². The van der Waals surface area contributed by atoms with Crippen LogP contribution in [0, 0.1) is 23.7 Å². The minimum Gasteiger partial charge on any atom is -0.454 e. The Morgan fingerprint density at radius 1 is 0.833 bits per heavy atom. The number of carbonyl (C=O) groups is 4. The van der Waals surface area contributed by atoms with Crippen molar-refractivity contribution >= 4 is 72.0 Å². The van der Waals surface area contributed by atoms with Gasteiger partial charge >= 0.3 is 5.97 Å². The van der Waals surface area contributed by atoms with Crippen molar-refractivity contribution in [3.8, 4) is 11.3 Å². The maximum absolute atomic E-state index is 13.3. The number of hydrogen-bond acceptors (Lipinski definition) is 6. The lowest BCUT2D eigenvalue weighted by Gasteiger charge is -2.17. The summed E-state index contributed by atoms with van der Waals surface area (Å²) >= 11 is 6.80. The van der Waals surface area contributed by atoms with E-state index in [-0.39, 0.29) is 46.8 Å². The molecule has 7 rings (SSSR count). The number of hydrogen-bond donors (Lipinski definition) is 0. The molecule has 208 valence electrons. The molecule has 42 heavy (non-hydrogen) atoms. The molecule has 1 aliphatic heterocycles. The summed E-state index contributed by atoms with van der Waals surface area (Å²) in [7, 11) is 0. The van der Waals surface area contributed by atoms with Gasteiger partial charge in [0.25, 0.3) is 0 Å². The molecule has 1 saturated heterocycles. The molecule has 0 radical (unpaired) electrons. The third-order valence-electron chi connectivity index (χ3n) is 8.38. The lowest BCUT2D eigenvalue weighted by molar-refractivity contribution is -0.123. The molecular weight excluding hydrogens is 664 g/mol. The molecule has 4 atom stereocenters. The highest BCUT2D eigenvalue weighted by Gasteiger charge is 2.59. The Kier molecular flexibility index (Phi) is 6.66. The Morgan fingerprint density at radius 2 is 1.48 bits per heavy atom. The summed E-state index contributed by atoms with van der Waals surface area (Å²) < 4.78 is 7.06. The quantitative estimate of drug-likeness (QED) is 0.0962. The molecule has 2 aliphatic carbocycles. The van der Waals surface area contributed by atoms with Gasteiger partial charge < -0.3 is 4.74 Å². The van der Waals surface area contributed by atoms with Crippen LogP contribution in [0.3, 0.4) is 0 Å². The number of benzene rings is 3. The van der Waals surface area contributed by atoms with E-state index in [0.29, 0.717) is 33.4 Å². The van der Waals surface area contributed by atoms with Crippen molar-refractivity contribution < 1.29 is 23.9 Å². The molecule has 4 aromatic rings. The van der Waals surface area contributed by atoms with E-state index in [9.17, 15) is 19.2 Å². The normalized spacial score (nSPS) is 22.2. The number of Topliss-reactive ketones (excluding diaryl/α,β-unsaturated/α-hetero) is 1. The summed E-state index contributed by atoms with van der Waals surface area (Å²) in [5.74, 6) is -1.47. The fourth-order valence-electron chi connectivity index (χ4n) is 6.38. The molecule has 1 aromatic heterocycles. The van der Waals surface area contributed by atoms with Gasteiger partial charge in [-0.2, -0.15) is 0 Å². The van der Waals surface area contributed by atoms with Crippen LogP contribution in [0.15, 0.2) is 93.9 Å². The maximum atomic E-state index is 13.3. The number of allylic oxidation sites excluding steroid dienone is 2. The van der Waals surface area contributed by atoms with E-state index in [1.165, 1.54) is 4.90 Å². The Labute approximate surface area is 257 Å². The van der Waals surface area contributed by atoms with E-state index in [0.717, 1.165) is 15.4 Å². The zero-order chi connectivity index (χ0) is 29.1. The van der Waals surface area contributed by atoms with E-state index in [1.54, 1.807) is 66.7 Å². The second kappa shape index (κ2) is 10.4. The summed E-state index contributed by atoms with van der Waals surface area (Å²) in [6.07, 6.45) is 5.03. The molecule has 7 nitrogen and oxygen atoms in total. The second-order valence-electron chi connectivity index (χ2n) is 10.8. The van der Waals surface area contributed by atoms with Gasteiger partial charge in [0.1, 0.15) is 0 Å². The van der Waals surface area contributed by atoms with E-state index in [1.807, 2.05) is 6.07 Å². The van der Waals surface area contributed by atoms with Gasteiger partial charge in [-0.25, -0.2) is 9.78 Å². The van der Waals surface area contributed by atoms with Crippen LogP contribution in [0.1, 0.15) is 27.1 Å². The van der Waals surface area contributed by atoms with Gasteiger partial charge in [0, 0.05) is 25.5 Å². The van der Waals surface area contributed by atoms with E-state index < -0.39 is 12.6 Å². The number of imide groups is 1. The highest BCUT2D eigenvalue weighted by molar-refractivity contribution is 9.10. The van der Waals surface area contributed by atoms with Gasteiger partial charge in [-0.05, 0) is 66.8 Å². The number of anilines is 1. The zero-order valence-corrected chi connectivity index (χ0v) is 25.2. The van der Waals surface area contributed by atoms with Crippen LogP contribution < -0.4 is 4.90 Å². The van der Waals surface area contributed by atoms with Gasteiger partial charge in [0.05, 0.1) is 34.3 Å². The van der Waals surface area contributed by atoms with Crippen LogP contribution in [-0.4, -0.2) is 35.2 Å². The first-order valence-electron chi connectivity index (χ1n) is 13.5. The Bertz CT molecular complexity index is 1800. The average Bonchev–Trinajstić information content (AvgIpc) is 3.69. The van der Waals surface area contributed by atoms with Crippen molar-refractivity contribution in [2.75, 3.05) is 11.5 Å². The monoisotopic (exact) mass is 684 g/mol. The molecule has 4 unspecified atom stereocenters. The lowest BCUT2D eigenvalue weighted by Crippen LogP contribution is -2.32. The van der Waals surface area contributed by atoms with Crippen LogP contribution in [0.2, 0.25) is 0 Å². The number of rotatable bonds is 6. The third kappa shape index (κ3) is 4.51. The smallest absolute Gasteiger partial charge is 0.339 e. The summed E-state index contributed by atoms with van der Waals surface area (Å²) in [5.41, 5.74) is 3.02. The molecule has 2 amide bonds. The Morgan fingerprint density at radius 3 is 2.14 bits per heavy atom. The number of esters is 1. The van der Waals surface area contributed by atoms with Gasteiger partial charge in [0.15, 0.2) is 12.4 Å². The minimum atomic E-state index is -0.646. The van der Waals surface area contributed by atoms with Crippen molar-refractivity contribution in [3.63, 3.8) is 0 Å². The number of fused-ring (bicyclic) bond motifs is 6. The van der Waals surface area contributed by atoms with Crippen LogP contribution in [-0.2, 0) is 14.3 Å². The predicted octanol–water partition coefficient (Wildman–Crippen LogP) is 6.78. The molecule has 2 bridgehead atoms. The molecule has 3 aliphatic rings. The number of nitrogens with zero attached hydrogens (tertiary/aromatic N) is 2. The van der Waals surface area contributed by atoms with Crippen molar-refractivity contribution in [2.24, 2.45) is 23.7 Å². The first-order chi connectivity index (χ1) is 20.3. The number of amides is 2. The summed E-state index contributed by atoms with van der Waals surface area (Å²) in [6, 6.07) is 20.9. The molecule has 0 spiro atoms. The van der Waals surface area contributed by atoms with E-state index >= 15 is 0 Å². The van der Waals surface area contributed by atoms with Crippen molar-refractivity contribution in [1.82, 2.24) is 4.98 Å². The van der Waals surface area contributed by atoms with Crippen molar-refractivity contribution in [1.29, 1.82) is 0 Å². The molecule has 2 fully saturated rings. The zero-order valence-electron chi connectivity index (χ0n) is 22.0. The summed E-state index contributed by atoms with van der Waals surface area (Å²) in [5, 5.41) is 0.578. The molecular formula is C33H22Br2N2O5. The van der Waals surface area contributed by atoms with Crippen LogP contribution in [0.5, 0.6) is 0 Å². The number of aromatic nitrogens is 1. The maximum Gasteiger partial charge on any atom is 0.339 e. The molecule has 1 saturated carbocycles. The summed E-state index contributed by atoms with van der Waals surface area (Å²) in [4.78, 5) is 58.4. The first kappa shape index (κ1) is 26.9. The van der Waals surface area contributed by atoms with Gasteiger partial charge in [0.2, 0.25) is 11.8 Å². The Balaban J connectivity index is 1.16. The topological polar surface area (TPSA) is 93.6 Å². The first-order valence-corrected chi connectivity index (χ1v) is 15.1. The minimum absolute atomic E-state index is 0.133. The van der Waals surface area contributed by atoms with Crippen LogP contribution >= 0.6 is 31.9 Å². The fourth-order valence-corrected chi connectivity index (χ4v) is 7.01. The van der Waals surface area contributed by atoms with Crippen LogP contribution in [0.4, 0.5) is 5.69 Å². The Hall–Kier alpha value is -3.95. The largest absolute Gasteiger partial charge is 0.454 e. The van der Waals surface area contributed by atoms with Gasteiger partial charge in [-0.1, -0.05) is 68.3 Å². The summed E-state index contributed by atoms with van der Waals surface area (Å²) in [6.45, 7) is -0.403. The molecule has 2 heterocycles. The van der Waals surface area contributed by atoms with E-state index in [2.05, 4.69) is 44.0 Å². The molecule has 3 aromatic carbocycles. The second-order valence-corrected chi connectivity index (χ2v) is 12.6.